The Morgan fingerprint density at radius 1 is 1.10 bits per heavy atom. The van der Waals surface area contributed by atoms with E-state index in [1.54, 1.807) is 0 Å². The molecule has 5 rings (SSSR count). The van der Waals surface area contributed by atoms with E-state index in [2.05, 4.69) is 22.3 Å². The molecule has 0 spiro atoms. The highest BCUT2D eigenvalue weighted by atomic mass is 16.5. The van der Waals surface area contributed by atoms with E-state index in [4.69, 9.17) is 13.9 Å². The van der Waals surface area contributed by atoms with E-state index in [1.165, 1.54) is 5.56 Å². The van der Waals surface area contributed by atoms with Crippen molar-refractivity contribution in [2.45, 2.75) is 38.3 Å². The van der Waals surface area contributed by atoms with Crippen LogP contribution in [0.2, 0.25) is 0 Å². The van der Waals surface area contributed by atoms with Crippen LogP contribution in [-0.4, -0.2) is 37.1 Å². The average Bonchev–Trinajstić information content (AvgIpc) is 3.34. The summed E-state index contributed by atoms with van der Waals surface area (Å²) in [5.74, 6) is 2.40. The minimum atomic E-state index is -0.181. The summed E-state index contributed by atoms with van der Waals surface area (Å²) in [7, 11) is 0. The Morgan fingerprint density at radius 2 is 1.94 bits per heavy atom. The van der Waals surface area contributed by atoms with Crippen molar-refractivity contribution in [1.29, 1.82) is 0 Å². The van der Waals surface area contributed by atoms with Crippen molar-refractivity contribution in [2.24, 2.45) is 0 Å². The zero-order chi connectivity index (χ0) is 21.2. The van der Waals surface area contributed by atoms with E-state index >= 15 is 0 Å². The Kier molecular flexibility index (Phi) is 5.55. The number of fused-ring (bicyclic) bond motifs is 2. The summed E-state index contributed by atoms with van der Waals surface area (Å²) in [5, 5.41) is 4.14. The largest absolute Gasteiger partial charge is 0.490 e. The molecular formula is C25H28N2O4. The number of carbonyl (C=O) groups excluding carboxylic acids is 1. The molecule has 2 aromatic carbocycles. The van der Waals surface area contributed by atoms with Crippen molar-refractivity contribution < 1.29 is 18.7 Å². The Morgan fingerprint density at radius 3 is 2.81 bits per heavy atom. The van der Waals surface area contributed by atoms with Crippen LogP contribution >= 0.6 is 0 Å². The molecule has 0 saturated carbocycles. The number of carbonyl (C=O) groups is 1. The molecule has 1 saturated heterocycles. The SMILES string of the molecule is C[C@H](NC(=O)CN1CCC[C@H]1c1ccc2c(c1)OCCCO2)c1cc2ccccc2o1. The minimum Gasteiger partial charge on any atom is -0.490 e. The summed E-state index contributed by atoms with van der Waals surface area (Å²) in [6.07, 6.45) is 3.00. The van der Waals surface area contributed by atoms with Crippen LogP contribution in [0.15, 0.2) is 52.9 Å². The van der Waals surface area contributed by atoms with Crippen LogP contribution in [0.25, 0.3) is 11.0 Å². The van der Waals surface area contributed by atoms with Gasteiger partial charge < -0.3 is 19.2 Å². The topological polar surface area (TPSA) is 63.9 Å². The van der Waals surface area contributed by atoms with Crippen molar-refractivity contribution in [3.8, 4) is 11.5 Å². The molecule has 1 aromatic heterocycles. The van der Waals surface area contributed by atoms with Gasteiger partial charge in [0.25, 0.3) is 0 Å². The van der Waals surface area contributed by atoms with Gasteiger partial charge in [0.05, 0.1) is 25.8 Å². The number of nitrogens with zero attached hydrogens (tertiary/aromatic N) is 1. The highest BCUT2D eigenvalue weighted by Crippen LogP contribution is 2.37. The van der Waals surface area contributed by atoms with Gasteiger partial charge in [-0.25, -0.2) is 0 Å². The molecule has 1 N–H and O–H groups in total. The summed E-state index contributed by atoms with van der Waals surface area (Å²) >= 11 is 0. The molecular weight excluding hydrogens is 392 g/mol. The number of para-hydroxylation sites is 1. The van der Waals surface area contributed by atoms with Gasteiger partial charge in [0.2, 0.25) is 5.91 Å². The van der Waals surface area contributed by atoms with Gasteiger partial charge in [-0.05, 0) is 56.1 Å². The Bertz CT molecular complexity index is 1040. The zero-order valence-corrected chi connectivity index (χ0v) is 17.8. The molecule has 2 aliphatic heterocycles. The highest BCUT2D eigenvalue weighted by molar-refractivity contribution is 5.80. The van der Waals surface area contributed by atoms with Gasteiger partial charge in [-0.2, -0.15) is 0 Å². The predicted octanol–water partition coefficient (Wildman–Crippen LogP) is 4.61. The molecule has 3 aromatic rings. The maximum Gasteiger partial charge on any atom is 0.234 e. The summed E-state index contributed by atoms with van der Waals surface area (Å²) in [6, 6.07) is 16.1. The predicted molar refractivity (Wildman–Crippen MR) is 118 cm³/mol. The van der Waals surface area contributed by atoms with E-state index in [0.717, 1.165) is 54.0 Å². The van der Waals surface area contributed by atoms with E-state index in [0.29, 0.717) is 19.8 Å². The lowest BCUT2D eigenvalue weighted by Crippen LogP contribution is -2.38. The molecule has 0 bridgehead atoms. The second kappa shape index (κ2) is 8.63. The van der Waals surface area contributed by atoms with Crippen LogP contribution in [0, 0.1) is 0 Å². The molecule has 6 heteroatoms. The number of furan rings is 1. The van der Waals surface area contributed by atoms with Crippen molar-refractivity contribution >= 4 is 16.9 Å². The maximum atomic E-state index is 12.8. The summed E-state index contributed by atoms with van der Waals surface area (Å²) in [4.78, 5) is 15.1. The van der Waals surface area contributed by atoms with Gasteiger partial charge >= 0.3 is 0 Å². The van der Waals surface area contributed by atoms with Crippen LogP contribution in [0.5, 0.6) is 11.5 Å². The minimum absolute atomic E-state index is 0.00852. The average molecular weight is 421 g/mol. The lowest BCUT2D eigenvalue weighted by Gasteiger charge is -2.25. The molecule has 0 aliphatic carbocycles. The van der Waals surface area contributed by atoms with E-state index in [-0.39, 0.29) is 18.0 Å². The first kappa shape index (κ1) is 19.9. The number of amides is 1. The number of hydrogen-bond donors (Lipinski definition) is 1. The molecule has 3 heterocycles. The Hall–Kier alpha value is -2.99. The fourth-order valence-electron chi connectivity index (χ4n) is 4.54. The third kappa shape index (κ3) is 4.26. The Balaban J connectivity index is 1.24. The van der Waals surface area contributed by atoms with Crippen molar-refractivity contribution in [1.82, 2.24) is 10.2 Å². The van der Waals surface area contributed by atoms with Crippen LogP contribution in [0.1, 0.15) is 49.6 Å². The smallest absolute Gasteiger partial charge is 0.234 e. The van der Waals surface area contributed by atoms with Gasteiger partial charge in [0, 0.05) is 17.8 Å². The van der Waals surface area contributed by atoms with Crippen LogP contribution < -0.4 is 14.8 Å². The molecule has 2 aliphatic rings. The van der Waals surface area contributed by atoms with Crippen molar-refractivity contribution in [2.75, 3.05) is 26.3 Å². The van der Waals surface area contributed by atoms with Gasteiger partial charge in [0.1, 0.15) is 11.3 Å². The van der Waals surface area contributed by atoms with Crippen LogP contribution in [0.3, 0.4) is 0 Å². The Labute approximate surface area is 182 Å². The third-order valence-corrected chi connectivity index (χ3v) is 6.12. The summed E-state index contributed by atoms with van der Waals surface area (Å²) in [5.41, 5.74) is 2.02. The lowest BCUT2D eigenvalue weighted by atomic mass is 10.0. The number of benzene rings is 2. The van der Waals surface area contributed by atoms with E-state index in [1.807, 2.05) is 43.3 Å². The second-order valence-electron chi connectivity index (χ2n) is 8.36. The third-order valence-electron chi connectivity index (χ3n) is 6.12. The van der Waals surface area contributed by atoms with Crippen LogP contribution in [-0.2, 0) is 4.79 Å². The summed E-state index contributed by atoms with van der Waals surface area (Å²) < 4.78 is 17.5. The van der Waals surface area contributed by atoms with Gasteiger partial charge in [-0.1, -0.05) is 24.3 Å². The lowest BCUT2D eigenvalue weighted by molar-refractivity contribution is -0.123. The van der Waals surface area contributed by atoms with Crippen molar-refractivity contribution in [3.63, 3.8) is 0 Å². The number of rotatable bonds is 5. The van der Waals surface area contributed by atoms with Gasteiger partial charge in [-0.15, -0.1) is 0 Å². The fraction of sp³-hybridized carbons (Fsp3) is 0.400. The van der Waals surface area contributed by atoms with Crippen LogP contribution in [0.4, 0.5) is 0 Å². The number of hydrogen-bond acceptors (Lipinski definition) is 5. The zero-order valence-electron chi connectivity index (χ0n) is 17.8. The van der Waals surface area contributed by atoms with Gasteiger partial charge in [-0.3, -0.25) is 9.69 Å². The second-order valence-corrected chi connectivity index (χ2v) is 8.36. The molecule has 1 fully saturated rings. The number of nitrogens with one attached hydrogen (secondary N) is 1. The first-order valence-corrected chi connectivity index (χ1v) is 11.1. The first-order chi connectivity index (χ1) is 15.2. The fourth-order valence-corrected chi connectivity index (χ4v) is 4.54. The number of likely N-dealkylation sites (tertiary alicyclic amines) is 1. The molecule has 1 amide bonds. The van der Waals surface area contributed by atoms with E-state index in [9.17, 15) is 4.79 Å². The number of ether oxygens (including phenoxy) is 2. The van der Waals surface area contributed by atoms with Gasteiger partial charge in [0.15, 0.2) is 11.5 Å². The molecule has 0 radical (unpaired) electrons. The maximum absolute atomic E-state index is 12.8. The quantitative estimate of drug-likeness (QED) is 0.653. The molecule has 6 nitrogen and oxygen atoms in total. The van der Waals surface area contributed by atoms with Crippen molar-refractivity contribution in [3.05, 3.63) is 59.9 Å². The molecule has 162 valence electrons. The van der Waals surface area contributed by atoms with E-state index < -0.39 is 0 Å². The molecule has 2 atom stereocenters. The first-order valence-electron chi connectivity index (χ1n) is 11.1. The molecule has 0 unspecified atom stereocenters. The normalized spacial score (nSPS) is 19.8. The standard InChI is InChI=1S/C25H28N2O4/c1-17(23-15-19-6-2-3-8-21(19)31-23)26-25(28)16-27-11-4-7-20(27)18-9-10-22-24(14-18)30-13-5-12-29-22/h2-3,6,8-10,14-15,17,20H,4-5,7,11-13,16H2,1H3,(H,26,28)/t17-,20-/m0/s1. The monoisotopic (exact) mass is 420 g/mol. The summed E-state index contributed by atoms with van der Waals surface area (Å²) in [6.45, 7) is 4.59. The molecule has 31 heavy (non-hydrogen) atoms. The highest BCUT2D eigenvalue weighted by Gasteiger charge is 2.29.